The van der Waals surface area contributed by atoms with E-state index in [1.807, 2.05) is 25.2 Å². The first-order chi connectivity index (χ1) is 12.3. The van der Waals surface area contributed by atoms with Crippen molar-refractivity contribution in [3.8, 4) is 11.3 Å². The zero-order chi connectivity index (χ0) is 18.5. The van der Waals surface area contributed by atoms with Gasteiger partial charge in [0.15, 0.2) is 0 Å². The Labute approximate surface area is 154 Å². The smallest absolute Gasteiger partial charge is 0.226 e. The molecule has 1 aromatic heterocycles. The van der Waals surface area contributed by atoms with Gasteiger partial charge in [-0.05, 0) is 11.8 Å². The highest BCUT2D eigenvalue weighted by atomic mass is 16.1. The van der Waals surface area contributed by atoms with E-state index in [9.17, 15) is 4.79 Å². The van der Waals surface area contributed by atoms with Crippen LogP contribution in [0.25, 0.3) is 11.3 Å². The molecule has 138 valence electrons. The van der Waals surface area contributed by atoms with Gasteiger partial charge in [-0.2, -0.15) is 5.10 Å². The van der Waals surface area contributed by atoms with Crippen LogP contribution in [0.5, 0.6) is 0 Å². The van der Waals surface area contributed by atoms with Crippen LogP contribution in [0.15, 0.2) is 30.3 Å². The first-order valence-corrected chi connectivity index (χ1v) is 9.28. The van der Waals surface area contributed by atoms with Crippen molar-refractivity contribution in [2.75, 3.05) is 5.32 Å². The fourth-order valence-corrected chi connectivity index (χ4v) is 4.09. The van der Waals surface area contributed by atoms with Gasteiger partial charge >= 0.3 is 0 Å². The summed E-state index contributed by atoms with van der Waals surface area (Å²) < 4.78 is 1.80. The minimum absolute atomic E-state index is 0.0612. The standard InChI is InChI=1S/C20H27N5O/c1-20(2,3)15-11-14(22-23-15)13-10-16(26)21-19-17(13)18(24-25(19)4)12-8-6-5-7-9-12/h5-9,13-15,22-23H,10-11H2,1-4H3,(H,21,26). The van der Waals surface area contributed by atoms with Gasteiger partial charge in [0.25, 0.3) is 0 Å². The van der Waals surface area contributed by atoms with Crippen molar-refractivity contribution in [1.82, 2.24) is 20.6 Å². The largest absolute Gasteiger partial charge is 0.311 e. The minimum Gasteiger partial charge on any atom is -0.311 e. The maximum Gasteiger partial charge on any atom is 0.226 e. The van der Waals surface area contributed by atoms with Crippen molar-refractivity contribution in [2.45, 2.75) is 51.6 Å². The quantitative estimate of drug-likeness (QED) is 0.776. The molecule has 3 heterocycles. The summed E-state index contributed by atoms with van der Waals surface area (Å²) >= 11 is 0. The van der Waals surface area contributed by atoms with Gasteiger partial charge in [0.05, 0.1) is 5.69 Å². The Kier molecular flexibility index (Phi) is 4.12. The number of hydrazine groups is 1. The zero-order valence-electron chi connectivity index (χ0n) is 15.8. The molecule has 2 aromatic rings. The van der Waals surface area contributed by atoms with Gasteiger partial charge in [0.1, 0.15) is 5.82 Å². The van der Waals surface area contributed by atoms with Crippen LogP contribution in [0.3, 0.4) is 0 Å². The second kappa shape index (κ2) is 6.21. The van der Waals surface area contributed by atoms with Crippen LogP contribution < -0.4 is 16.2 Å². The van der Waals surface area contributed by atoms with Crippen LogP contribution >= 0.6 is 0 Å². The van der Waals surface area contributed by atoms with Gasteiger partial charge < -0.3 is 5.32 Å². The number of amides is 1. The maximum atomic E-state index is 12.4. The van der Waals surface area contributed by atoms with E-state index in [2.05, 4.69) is 49.1 Å². The van der Waals surface area contributed by atoms with Gasteiger partial charge in [-0.1, -0.05) is 51.1 Å². The fourth-order valence-electron chi connectivity index (χ4n) is 4.09. The predicted octanol–water partition coefficient (Wildman–Crippen LogP) is 2.79. The Morgan fingerprint density at radius 2 is 1.88 bits per heavy atom. The van der Waals surface area contributed by atoms with Crippen molar-refractivity contribution in [3.63, 3.8) is 0 Å². The fraction of sp³-hybridized carbons (Fsp3) is 0.500. The van der Waals surface area contributed by atoms with Crippen LogP contribution in [-0.2, 0) is 11.8 Å². The number of rotatable bonds is 2. The summed E-state index contributed by atoms with van der Waals surface area (Å²) in [5, 5.41) is 7.77. The van der Waals surface area contributed by atoms with Crippen molar-refractivity contribution in [2.24, 2.45) is 12.5 Å². The molecule has 6 heteroatoms. The number of fused-ring (bicyclic) bond motifs is 1. The molecule has 1 amide bonds. The second-order valence-electron chi connectivity index (χ2n) is 8.51. The Morgan fingerprint density at radius 1 is 1.15 bits per heavy atom. The monoisotopic (exact) mass is 353 g/mol. The lowest BCUT2D eigenvalue weighted by atomic mass is 9.78. The molecule has 4 rings (SSSR count). The highest BCUT2D eigenvalue weighted by Crippen LogP contribution is 2.43. The molecule has 3 N–H and O–H groups in total. The summed E-state index contributed by atoms with van der Waals surface area (Å²) in [6.07, 6.45) is 1.47. The number of carbonyl (C=O) groups is 1. The number of anilines is 1. The molecule has 2 aliphatic heterocycles. The van der Waals surface area contributed by atoms with Crippen LogP contribution in [-0.4, -0.2) is 27.8 Å². The van der Waals surface area contributed by atoms with E-state index < -0.39 is 0 Å². The third kappa shape index (κ3) is 2.93. The molecule has 0 spiro atoms. The summed E-state index contributed by atoms with van der Waals surface area (Å²) in [5.41, 5.74) is 10.3. The molecule has 26 heavy (non-hydrogen) atoms. The van der Waals surface area contributed by atoms with Crippen molar-refractivity contribution in [3.05, 3.63) is 35.9 Å². The van der Waals surface area contributed by atoms with Gasteiger partial charge in [0.2, 0.25) is 5.91 Å². The van der Waals surface area contributed by atoms with Gasteiger partial charge in [-0.15, -0.1) is 0 Å². The third-order valence-electron chi connectivity index (χ3n) is 5.63. The van der Waals surface area contributed by atoms with Crippen molar-refractivity contribution in [1.29, 1.82) is 0 Å². The molecule has 0 aliphatic carbocycles. The van der Waals surface area contributed by atoms with Gasteiger partial charge in [-0.25, -0.2) is 0 Å². The van der Waals surface area contributed by atoms with Gasteiger partial charge in [0, 0.05) is 42.6 Å². The highest BCUT2D eigenvalue weighted by molar-refractivity contribution is 5.95. The Balaban J connectivity index is 1.74. The van der Waals surface area contributed by atoms with E-state index in [0.29, 0.717) is 12.5 Å². The number of benzene rings is 1. The van der Waals surface area contributed by atoms with Crippen molar-refractivity contribution < 1.29 is 4.79 Å². The zero-order valence-corrected chi connectivity index (χ0v) is 15.8. The molecule has 1 fully saturated rings. The number of carbonyl (C=O) groups excluding carboxylic acids is 1. The van der Waals surface area contributed by atoms with E-state index in [-0.39, 0.29) is 23.3 Å². The van der Waals surface area contributed by atoms with Crippen LogP contribution in [0, 0.1) is 5.41 Å². The molecule has 6 nitrogen and oxygen atoms in total. The predicted molar refractivity (Wildman–Crippen MR) is 103 cm³/mol. The molecule has 1 aromatic carbocycles. The normalized spacial score (nSPS) is 25.8. The molecule has 0 saturated carbocycles. The van der Waals surface area contributed by atoms with E-state index in [1.165, 1.54) is 0 Å². The SMILES string of the molecule is Cn1nc(-c2ccccc2)c2c1NC(=O)CC2C1CC(C(C)(C)C)NN1. The third-order valence-corrected chi connectivity index (χ3v) is 5.63. The average molecular weight is 353 g/mol. The molecular formula is C20H27N5O. The molecule has 3 unspecified atom stereocenters. The van der Waals surface area contributed by atoms with Gasteiger partial charge in [-0.3, -0.25) is 20.3 Å². The van der Waals surface area contributed by atoms with E-state index >= 15 is 0 Å². The Hall–Kier alpha value is -2.18. The maximum absolute atomic E-state index is 12.4. The topological polar surface area (TPSA) is 71.0 Å². The molecule has 2 aliphatic rings. The van der Waals surface area contributed by atoms with Crippen LogP contribution in [0.4, 0.5) is 5.82 Å². The summed E-state index contributed by atoms with van der Waals surface area (Å²) in [5.74, 6) is 0.986. The molecule has 1 saturated heterocycles. The number of hydrogen-bond donors (Lipinski definition) is 3. The lowest BCUT2D eigenvalue weighted by Crippen LogP contribution is -2.41. The number of nitrogens with one attached hydrogen (secondary N) is 3. The number of aromatic nitrogens is 2. The average Bonchev–Trinajstić information content (AvgIpc) is 3.21. The number of nitrogens with zero attached hydrogens (tertiary/aromatic N) is 2. The van der Waals surface area contributed by atoms with Crippen LogP contribution in [0.2, 0.25) is 0 Å². The van der Waals surface area contributed by atoms with E-state index in [4.69, 9.17) is 5.10 Å². The Bertz CT molecular complexity index is 821. The number of hydrogen-bond acceptors (Lipinski definition) is 4. The summed E-state index contributed by atoms with van der Waals surface area (Å²) in [7, 11) is 1.90. The number of aryl methyl sites for hydroxylation is 1. The second-order valence-corrected chi connectivity index (χ2v) is 8.51. The highest BCUT2D eigenvalue weighted by Gasteiger charge is 2.42. The minimum atomic E-state index is 0.0612. The van der Waals surface area contributed by atoms with E-state index in [0.717, 1.165) is 29.1 Å². The summed E-state index contributed by atoms with van der Waals surface area (Å²) in [4.78, 5) is 12.4. The lowest BCUT2D eigenvalue weighted by Gasteiger charge is -2.29. The lowest BCUT2D eigenvalue weighted by molar-refractivity contribution is -0.117. The summed E-state index contributed by atoms with van der Waals surface area (Å²) in [6, 6.07) is 10.8. The molecule has 3 atom stereocenters. The van der Waals surface area contributed by atoms with Crippen LogP contribution in [0.1, 0.15) is 45.1 Å². The molecule has 0 bridgehead atoms. The summed E-state index contributed by atoms with van der Waals surface area (Å²) in [6.45, 7) is 6.73. The Morgan fingerprint density at radius 3 is 2.54 bits per heavy atom. The first kappa shape index (κ1) is 17.2. The van der Waals surface area contributed by atoms with E-state index in [1.54, 1.807) is 4.68 Å². The molecular weight excluding hydrogens is 326 g/mol. The molecule has 0 radical (unpaired) electrons. The van der Waals surface area contributed by atoms with Crippen molar-refractivity contribution >= 4 is 11.7 Å². The first-order valence-electron chi connectivity index (χ1n) is 9.28.